The van der Waals surface area contributed by atoms with Gasteiger partial charge in [0.2, 0.25) is 5.90 Å². The Morgan fingerprint density at radius 3 is 2.57 bits per heavy atom. The van der Waals surface area contributed by atoms with Crippen molar-refractivity contribution in [2.24, 2.45) is 4.99 Å². The van der Waals surface area contributed by atoms with Crippen LogP contribution >= 0.6 is 0 Å². The molecule has 1 aliphatic rings. The van der Waals surface area contributed by atoms with E-state index in [4.69, 9.17) is 9.99 Å². The number of aliphatic imine (C=N–C) groups is 1. The highest BCUT2D eigenvalue weighted by Gasteiger charge is 2.33. The first-order valence-corrected chi connectivity index (χ1v) is 4.41. The second kappa shape index (κ2) is 4.70. The Morgan fingerprint density at radius 2 is 2.00 bits per heavy atom. The Hall–Kier alpha value is -0.690. The number of hydrogen-bond donors (Lipinski definition) is 3. The summed E-state index contributed by atoms with van der Waals surface area (Å²) in [6.45, 7) is 2.77. The quantitative estimate of drug-likeness (QED) is 0.469. The van der Waals surface area contributed by atoms with Gasteiger partial charge in [-0.05, 0) is 6.92 Å². The number of rotatable bonds is 1. The Labute approximate surface area is 81.7 Å². The number of aliphatic hydroxyl groups is 3. The summed E-state index contributed by atoms with van der Waals surface area (Å²) in [5.41, 5.74) is 0. The van der Waals surface area contributed by atoms with Gasteiger partial charge in [0.1, 0.15) is 12.2 Å². The molecule has 0 fully saturated rings. The summed E-state index contributed by atoms with van der Waals surface area (Å²) in [6.07, 6.45) is -3.25. The van der Waals surface area contributed by atoms with Crippen molar-refractivity contribution in [3.8, 4) is 0 Å². The maximum Gasteiger partial charge on any atom is 0.224 e. The van der Waals surface area contributed by atoms with E-state index in [2.05, 4.69) is 9.88 Å². The van der Waals surface area contributed by atoms with Crippen molar-refractivity contribution in [2.45, 2.75) is 38.2 Å². The molecule has 0 aliphatic carbocycles. The van der Waals surface area contributed by atoms with Crippen LogP contribution in [0.15, 0.2) is 4.99 Å². The van der Waals surface area contributed by atoms with Gasteiger partial charge in [-0.1, -0.05) is 0 Å². The van der Waals surface area contributed by atoms with Crippen molar-refractivity contribution >= 4 is 5.90 Å². The van der Waals surface area contributed by atoms with Crippen LogP contribution in [0, 0.1) is 0 Å². The molecule has 0 aromatic heterocycles. The summed E-state index contributed by atoms with van der Waals surface area (Å²) in [5.74, 6) is 0.252. The maximum absolute atomic E-state index is 9.57. The van der Waals surface area contributed by atoms with E-state index in [1.54, 1.807) is 13.8 Å². The van der Waals surface area contributed by atoms with Crippen molar-refractivity contribution in [2.75, 3.05) is 6.61 Å². The Morgan fingerprint density at radius 1 is 1.36 bits per heavy atom. The lowest BCUT2D eigenvalue weighted by atomic mass is 10.0. The van der Waals surface area contributed by atoms with Gasteiger partial charge < -0.3 is 20.2 Å². The number of aliphatic hydroxyl groups excluding tert-OH is 3. The smallest absolute Gasteiger partial charge is 0.224 e. The topological polar surface area (TPSA) is 91.5 Å². The number of hydrogen-bond acceptors (Lipinski definition) is 6. The third kappa shape index (κ3) is 2.42. The molecule has 4 atom stereocenters. The summed E-state index contributed by atoms with van der Waals surface area (Å²) < 4.78 is 0. The van der Waals surface area contributed by atoms with Crippen LogP contribution in [-0.4, -0.2) is 52.2 Å². The van der Waals surface area contributed by atoms with Crippen LogP contribution in [0.5, 0.6) is 0 Å². The van der Waals surface area contributed by atoms with Crippen LogP contribution in [0.4, 0.5) is 0 Å². The SMILES string of the molecule is CC1=N[C@H](C)C(O)[C@H](O)C(CO)OO1. The monoisotopic (exact) mass is 205 g/mol. The van der Waals surface area contributed by atoms with E-state index in [0.717, 1.165) is 0 Å². The molecule has 6 nitrogen and oxygen atoms in total. The van der Waals surface area contributed by atoms with Crippen LogP contribution in [0.2, 0.25) is 0 Å². The third-order valence-corrected chi connectivity index (χ3v) is 2.08. The molecule has 2 unspecified atom stereocenters. The molecule has 0 radical (unpaired) electrons. The second-order valence-electron chi connectivity index (χ2n) is 3.27. The molecule has 1 rings (SSSR count). The molecule has 6 heteroatoms. The minimum absolute atomic E-state index is 0.252. The van der Waals surface area contributed by atoms with Gasteiger partial charge in [0, 0.05) is 6.92 Å². The van der Waals surface area contributed by atoms with Crippen molar-refractivity contribution in [1.82, 2.24) is 0 Å². The molecule has 0 amide bonds. The molecule has 14 heavy (non-hydrogen) atoms. The van der Waals surface area contributed by atoms with Gasteiger partial charge in [-0.15, -0.1) is 0 Å². The van der Waals surface area contributed by atoms with Crippen LogP contribution in [-0.2, 0) is 9.78 Å². The first kappa shape index (κ1) is 11.4. The molecule has 82 valence electrons. The number of nitrogens with zero attached hydrogens (tertiary/aromatic N) is 1. The summed E-state index contributed by atoms with van der Waals surface area (Å²) >= 11 is 0. The van der Waals surface area contributed by atoms with Crippen LogP contribution in [0.1, 0.15) is 13.8 Å². The average molecular weight is 205 g/mol. The van der Waals surface area contributed by atoms with E-state index < -0.39 is 31.0 Å². The maximum atomic E-state index is 9.57. The highest BCUT2D eigenvalue weighted by atomic mass is 17.2. The van der Waals surface area contributed by atoms with E-state index >= 15 is 0 Å². The molecule has 1 aliphatic heterocycles. The molecule has 0 aromatic rings. The summed E-state index contributed by atoms with van der Waals surface area (Å²) in [5, 5.41) is 27.9. The van der Waals surface area contributed by atoms with Gasteiger partial charge in [0.25, 0.3) is 0 Å². The van der Waals surface area contributed by atoms with Crippen molar-refractivity contribution < 1.29 is 25.1 Å². The predicted octanol–water partition coefficient (Wildman–Crippen LogP) is -1.16. The van der Waals surface area contributed by atoms with Gasteiger partial charge >= 0.3 is 0 Å². The molecule has 0 spiro atoms. The Bertz CT molecular complexity index is 220. The summed E-state index contributed by atoms with van der Waals surface area (Å²) in [7, 11) is 0. The molecule has 0 saturated heterocycles. The van der Waals surface area contributed by atoms with Crippen LogP contribution in [0.25, 0.3) is 0 Å². The molecule has 1 heterocycles. The molecule has 3 N–H and O–H groups in total. The van der Waals surface area contributed by atoms with Crippen molar-refractivity contribution in [3.63, 3.8) is 0 Å². The molecule has 0 saturated carbocycles. The standard InChI is InChI=1S/C8H15NO5/c1-4-7(11)8(12)6(3-10)14-13-5(2)9-4/h4,6-8,10-12H,3H2,1-2H3/t4-,6?,7?,8-/m1/s1. The van der Waals surface area contributed by atoms with E-state index in [0.29, 0.717) is 0 Å². The first-order valence-electron chi connectivity index (χ1n) is 4.41. The fraction of sp³-hybridized carbons (Fsp3) is 0.875. The van der Waals surface area contributed by atoms with Crippen molar-refractivity contribution in [3.05, 3.63) is 0 Å². The highest BCUT2D eigenvalue weighted by molar-refractivity contribution is 5.72. The second-order valence-corrected chi connectivity index (χ2v) is 3.27. The summed E-state index contributed by atoms with van der Waals surface area (Å²) in [6, 6.07) is -0.497. The van der Waals surface area contributed by atoms with Gasteiger partial charge in [-0.3, -0.25) is 0 Å². The van der Waals surface area contributed by atoms with E-state index in [1.165, 1.54) is 0 Å². The normalized spacial score (nSPS) is 39.4. The van der Waals surface area contributed by atoms with Gasteiger partial charge in [-0.25, -0.2) is 4.99 Å². The minimum atomic E-state index is -1.22. The third-order valence-electron chi connectivity index (χ3n) is 2.08. The van der Waals surface area contributed by atoms with Gasteiger partial charge in [0.05, 0.1) is 12.6 Å². The zero-order valence-electron chi connectivity index (χ0n) is 8.12. The molecule has 0 bridgehead atoms. The van der Waals surface area contributed by atoms with Crippen molar-refractivity contribution in [1.29, 1.82) is 0 Å². The lowest BCUT2D eigenvalue weighted by molar-refractivity contribution is -0.297. The summed E-state index contributed by atoms with van der Waals surface area (Å²) in [4.78, 5) is 13.3. The average Bonchev–Trinajstić information content (AvgIpc) is 2.15. The Kier molecular flexibility index (Phi) is 3.82. The fourth-order valence-corrected chi connectivity index (χ4v) is 1.22. The molecule has 0 aromatic carbocycles. The predicted molar refractivity (Wildman–Crippen MR) is 47.6 cm³/mol. The first-order chi connectivity index (χ1) is 6.56. The van der Waals surface area contributed by atoms with E-state index in [-0.39, 0.29) is 5.90 Å². The van der Waals surface area contributed by atoms with Crippen LogP contribution < -0.4 is 0 Å². The zero-order chi connectivity index (χ0) is 10.7. The fourth-order valence-electron chi connectivity index (χ4n) is 1.22. The largest absolute Gasteiger partial charge is 0.393 e. The van der Waals surface area contributed by atoms with E-state index in [9.17, 15) is 10.2 Å². The lowest BCUT2D eigenvalue weighted by Gasteiger charge is -2.28. The molecular formula is C8H15NO5. The van der Waals surface area contributed by atoms with E-state index in [1.807, 2.05) is 0 Å². The highest BCUT2D eigenvalue weighted by Crippen LogP contribution is 2.13. The zero-order valence-corrected chi connectivity index (χ0v) is 8.12. The minimum Gasteiger partial charge on any atom is -0.393 e. The lowest BCUT2D eigenvalue weighted by Crippen LogP contribution is -2.47. The van der Waals surface area contributed by atoms with Crippen LogP contribution in [0.3, 0.4) is 0 Å². The van der Waals surface area contributed by atoms with Gasteiger partial charge in [-0.2, -0.15) is 4.89 Å². The van der Waals surface area contributed by atoms with Gasteiger partial charge in [0.15, 0.2) is 6.10 Å². The molecular weight excluding hydrogens is 190 g/mol. The Balaban J connectivity index is 2.79.